The Morgan fingerprint density at radius 2 is 1.94 bits per heavy atom. The number of nitrogens with two attached hydrogens (primary N) is 1. The molecule has 2 fully saturated rings. The summed E-state index contributed by atoms with van der Waals surface area (Å²) in [6.45, 7) is 4.64. The van der Waals surface area contributed by atoms with E-state index in [0.29, 0.717) is 11.8 Å². The van der Waals surface area contributed by atoms with Crippen molar-refractivity contribution in [2.45, 2.75) is 57.9 Å². The average Bonchev–Trinajstić information content (AvgIpc) is 2.39. The van der Waals surface area contributed by atoms with Crippen LogP contribution >= 0.6 is 0 Å². The topological polar surface area (TPSA) is 53.1 Å². The van der Waals surface area contributed by atoms with E-state index in [1.165, 1.54) is 32.1 Å². The van der Waals surface area contributed by atoms with Crippen LogP contribution in [0.3, 0.4) is 0 Å². The number of hydrogen-bond donors (Lipinski definition) is 2. The number of amidine groups is 1. The molecule has 2 rings (SSSR count). The molecule has 2 atom stereocenters. The highest BCUT2D eigenvalue weighted by Crippen LogP contribution is 2.31. The lowest BCUT2D eigenvalue weighted by Gasteiger charge is -2.41. The number of rotatable bonds is 3. The predicted molar refractivity (Wildman–Crippen MR) is 72.2 cm³/mol. The van der Waals surface area contributed by atoms with Gasteiger partial charge in [-0.25, -0.2) is 0 Å². The van der Waals surface area contributed by atoms with E-state index < -0.39 is 0 Å². The molecule has 1 aliphatic carbocycles. The molecule has 3 nitrogen and oxygen atoms in total. The summed E-state index contributed by atoms with van der Waals surface area (Å²) in [4.78, 5) is 2.67. The molecule has 0 amide bonds. The lowest BCUT2D eigenvalue weighted by molar-refractivity contribution is 0.0991. The molecule has 3 N–H and O–H groups in total. The second-order valence-corrected chi connectivity index (χ2v) is 5.86. The van der Waals surface area contributed by atoms with E-state index in [1.54, 1.807) is 0 Å². The number of likely N-dealkylation sites (tertiary alicyclic amines) is 1. The zero-order chi connectivity index (χ0) is 12.3. The second kappa shape index (κ2) is 5.85. The van der Waals surface area contributed by atoms with Gasteiger partial charge in [-0.2, -0.15) is 0 Å². The molecule has 3 heteroatoms. The summed E-state index contributed by atoms with van der Waals surface area (Å²) < 4.78 is 0. The van der Waals surface area contributed by atoms with Gasteiger partial charge in [0, 0.05) is 12.0 Å². The Balaban J connectivity index is 1.81. The van der Waals surface area contributed by atoms with E-state index in [4.69, 9.17) is 11.1 Å². The maximum Gasteiger partial charge on any atom is 0.0937 e. The first kappa shape index (κ1) is 12.9. The van der Waals surface area contributed by atoms with Gasteiger partial charge in [-0.1, -0.05) is 26.2 Å². The summed E-state index contributed by atoms with van der Waals surface area (Å²) in [5.74, 6) is 1.72. The van der Waals surface area contributed by atoms with Gasteiger partial charge in [-0.3, -0.25) is 5.41 Å². The standard InChI is InChI=1S/C14H27N3/c1-2-11-4-3-5-13(10-11)17-8-6-12(7-9-17)14(15)16/h11-13H,2-10H2,1H3,(H3,15,16). The first-order chi connectivity index (χ1) is 8.20. The summed E-state index contributed by atoms with van der Waals surface area (Å²) in [6.07, 6.45) is 9.20. The Morgan fingerprint density at radius 1 is 1.24 bits per heavy atom. The molecule has 2 aliphatic rings. The van der Waals surface area contributed by atoms with Crippen LogP contribution in [0.4, 0.5) is 0 Å². The number of nitrogens with zero attached hydrogens (tertiary/aromatic N) is 1. The monoisotopic (exact) mass is 237 g/mol. The van der Waals surface area contributed by atoms with E-state index in [0.717, 1.165) is 37.9 Å². The fourth-order valence-corrected chi connectivity index (χ4v) is 3.54. The Morgan fingerprint density at radius 3 is 2.53 bits per heavy atom. The van der Waals surface area contributed by atoms with E-state index in [9.17, 15) is 0 Å². The van der Waals surface area contributed by atoms with Gasteiger partial charge in [-0.05, 0) is 44.7 Å². The van der Waals surface area contributed by atoms with Crippen molar-refractivity contribution in [2.75, 3.05) is 13.1 Å². The number of hydrogen-bond acceptors (Lipinski definition) is 2. The minimum Gasteiger partial charge on any atom is -0.387 e. The van der Waals surface area contributed by atoms with Gasteiger partial charge in [0.1, 0.15) is 0 Å². The molecule has 98 valence electrons. The van der Waals surface area contributed by atoms with Crippen LogP contribution in [0, 0.1) is 17.2 Å². The van der Waals surface area contributed by atoms with Gasteiger partial charge in [0.25, 0.3) is 0 Å². The molecule has 1 aliphatic heterocycles. The lowest BCUT2D eigenvalue weighted by Crippen LogP contribution is -2.45. The van der Waals surface area contributed by atoms with Gasteiger partial charge < -0.3 is 10.6 Å². The van der Waals surface area contributed by atoms with Crippen LogP contribution in [-0.4, -0.2) is 29.9 Å². The van der Waals surface area contributed by atoms with Crippen LogP contribution in [0.2, 0.25) is 0 Å². The van der Waals surface area contributed by atoms with E-state index in [1.807, 2.05) is 0 Å². The first-order valence-electron chi connectivity index (χ1n) is 7.28. The average molecular weight is 237 g/mol. The summed E-state index contributed by atoms with van der Waals surface area (Å²) in [5.41, 5.74) is 5.60. The van der Waals surface area contributed by atoms with Crippen molar-refractivity contribution in [3.63, 3.8) is 0 Å². The van der Waals surface area contributed by atoms with Crippen molar-refractivity contribution in [1.82, 2.24) is 4.90 Å². The maximum absolute atomic E-state index is 7.52. The number of nitrogens with one attached hydrogen (secondary N) is 1. The highest BCUT2D eigenvalue weighted by Gasteiger charge is 2.29. The molecular weight excluding hydrogens is 210 g/mol. The second-order valence-electron chi connectivity index (χ2n) is 5.86. The van der Waals surface area contributed by atoms with Crippen LogP contribution in [-0.2, 0) is 0 Å². The van der Waals surface area contributed by atoms with Crippen molar-refractivity contribution in [3.05, 3.63) is 0 Å². The fraction of sp³-hybridized carbons (Fsp3) is 0.929. The molecule has 2 unspecified atom stereocenters. The lowest BCUT2D eigenvalue weighted by atomic mass is 9.82. The molecular formula is C14H27N3. The van der Waals surface area contributed by atoms with E-state index in [2.05, 4.69) is 11.8 Å². The molecule has 1 heterocycles. The molecule has 1 saturated carbocycles. The molecule has 1 saturated heterocycles. The summed E-state index contributed by atoms with van der Waals surface area (Å²) >= 11 is 0. The molecule has 0 bridgehead atoms. The minimum absolute atomic E-state index is 0.358. The van der Waals surface area contributed by atoms with Crippen molar-refractivity contribution in [3.8, 4) is 0 Å². The molecule has 0 spiro atoms. The predicted octanol–water partition coefficient (Wildman–Crippen LogP) is 2.60. The van der Waals surface area contributed by atoms with Crippen molar-refractivity contribution >= 4 is 5.84 Å². The maximum atomic E-state index is 7.52. The third-order valence-electron chi connectivity index (χ3n) is 4.82. The molecule has 0 aromatic carbocycles. The van der Waals surface area contributed by atoms with Crippen LogP contribution < -0.4 is 5.73 Å². The Labute approximate surface area is 105 Å². The summed E-state index contributed by atoms with van der Waals surface area (Å²) in [5, 5.41) is 7.52. The summed E-state index contributed by atoms with van der Waals surface area (Å²) in [6, 6.07) is 0.821. The molecule has 0 aromatic rings. The number of piperidine rings is 1. The van der Waals surface area contributed by atoms with Crippen LogP contribution in [0.15, 0.2) is 0 Å². The quantitative estimate of drug-likeness (QED) is 0.585. The van der Waals surface area contributed by atoms with Gasteiger partial charge in [0.15, 0.2) is 0 Å². The Kier molecular flexibility index (Phi) is 4.43. The third-order valence-corrected chi connectivity index (χ3v) is 4.82. The largest absolute Gasteiger partial charge is 0.387 e. The molecule has 17 heavy (non-hydrogen) atoms. The van der Waals surface area contributed by atoms with Gasteiger partial charge in [0.05, 0.1) is 5.84 Å². The van der Waals surface area contributed by atoms with E-state index >= 15 is 0 Å². The highest BCUT2D eigenvalue weighted by molar-refractivity contribution is 5.79. The zero-order valence-electron chi connectivity index (χ0n) is 11.1. The fourth-order valence-electron chi connectivity index (χ4n) is 3.54. The van der Waals surface area contributed by atoms with Crippen molar-refractivity contribution in [1.29, 1.82) is 5.41 Å². The normalized spacial score (nSPS) is 32.5. The highest BCUT2D eigenvalue weighted by atomic mass is 15.2. The Bertz CT molecular complexity index is 256. The minimum atomic E-state index is 0.358. The zero-order valence-corrected chi connectivity index (χ0v) is 11.1. The smallest absolute Gasteiger partial charge is 0.0937 e. The van der Waals surface area contributed by atoms with Crippen LogP contribution in [0.1, 0.15) is 51.9 Å². The van der Waals surface area contributed by atoms with Crippen molar-refractivity contribution in [2.24, 2.45) is 17.6 Å². The SMILES string of the molecule is CCC1CCCC(N2CCC(C(=N)N)CC2)C1. The van der Waals surface area contributed by atoms with Crippen molar-refractivity contribution < 1.29 is 0 Å². The van der Waals surface area contributed by atoms with Gasteiger partial charge in [-0.15, -0.1) is 0 Å². The summed E-state index contributed by atoms with van der Waals surface area (Å²) in [7, 11) is 0. The van der Waals surface area contributed by atoms with Crippen LogP contribution in [0.5, 0.6) is 0 Å². The third kappa shape index (κ3) is 3.21. The van der Waals surface area contributed by atoms with Gasteiger partial charge >= 0.3 is 0 Å². The Hall–Kier alpha value is -0.570. The van der Waals surface area contributed by atoms with E-state index in [-0.39, 0.29) is 0 Å². The van der Waals surface area contributed by atoms with Gasteiger partial charge in [0.2, 0.25) is 0 Å². The molecule has 0 radical (unpaired) electrons. The van der Waals surface area contributed by atoms with Crippen LogP contribution in [0.25, 0.3) is 0 Å². The first-order valence-corrected chi connectivity index (χ1v) is 7.28. The molecule has 0 aromatic heterocycles.